The Bertz CT molecular complexity index is 468. The molecule has 0 N–H and O–H groups in total. The molecule has 0 spiro atoms. The van der Waals surface area contributed by atoms with E-state index >= 15 is 0 Å². The third-order valence-corrected chi connectivity index (χ3v) is 4.67. The van der Waals surface area contributed by atoms with Crippen molar-refractivity contribution in [2.45, 2.75) is 39.0 Å². The predicted octanol–water partition coefficient (Wildman–Crippen LogP) is 3.44. The Hall–Kier alpha value is -1.31. The van der Waals surface area contributed by atoms with Gasteiger partial charge in [0.05, 0.1) is 0 Å². The van der Waals surface area contributed by atoms with Crippen LogP contribution in [0.4, 0.5) is 5.69 Å². The fourth-order valence-electron chi connectivity index (χ4n) is 3.57. The van der Waals surface area contributed by atoms with Crippen molar-refractivity contribution in [1.29, 1.82) is 0 Å². The van der Waals surface area contributed by atoms with Crippen LogP contribution in [0.1, 0.15) is 38.2 Å². The number of nitrogens with zero attached hydrogens (tertiary/aromatic N) is 1. The summed E-state index contributed by atoms with van der Waals surface area (Å²) in [7, 11) is 0. The fourth-order valence-corrected chi connectivity index (χ4v) is 3.57. The second-order valence-corrected chi connectivity index (χ2v) is 6.22. The van der Waals surface area contributed by atoms with E-state index in [0.29, 0.717) is 11.7 Å². The number of anilines is 1. The second kappa shape index (κ2) is 5.36. The number of rotatable bonds is 2. The van der Waals surface area contributed by atoms with E-state index in [-0.39, 0.29) is 5.92 Å². The molecule has 0 bridgehead atoms. The Kier molecular flexibility index (Phi) is 3.58. The molecular formula is C17H23NO. The first kappa shape index (κ1) is 12.7. The minimum Gasteiger partial charge on any atom is -0.371 e. The Morgan fingerprint density at radius 3 is 3.00 bits per heavy atom. The van der Waals surface area contributed by atoms with Crippen molar-refractivity contribution >= 4 is 11.5 Å². The standard InChI is InChI=1S/C17H23NO/c1-13-8-9-17(19)15(11-13)12-18-10-4-6-14-5-2-3-7-16(14)18/h2-3,5,7,13,15H,4,6,8-12H2,1H3. The highest BCUT2D eigenvalue weighted by Gasteiger charge is 2.29. The lowest BCUT2D eigenvalue weighted by molar-refractivity contribution is -0.125. The van der Waals surface area contributed by atoms with Crippen molar-refractivity contribution in [1.82, 2.24) is 0 Å². The average molecular weight is 257 g/mol. The summed E-state index contributed by atoms with van der Waals surface area (Å²) in [5, 5.41) is 0. The van der Waals surface area contributed by atoms with Crippen LogP contribution < -0.4 is 4.90 Å². The molecule has 2 heteroatoms. The number of aryl methyl sites for hydroxylation is 1. The fraction of sp³-hybridized carbons (Fsp3) is 0.588. The molecule has 0 amide bonds. The van der Waals surface area contributed by atoms with Crippen LogP contribution in [-0.4, -0.2) is 18.9 Å². The average Bonchev–Trinajstić information content (AvgIpc) is 2.43. The molecule has 1 fully saturated rings. The number of carbonyl (C=O) groups is 1. The molecular weight excluding hydrogens is 234 g/mol. The number of para-hydroxylation sites is 1. The van der Waals surface area contributed by atoms with Gasteiger partial charge in [0, 0.05) is 31.1 Å². The maximum absolute atomic E-state index is 12.1. The zero-order chi connectivity index (χ0) is 13.2. The highest BCUT2D eigenvalue weighted by molar-refractivity contribution is 5.82. The Labute approximate surface area is 115 Å². The van der Waals surface area contributed by atoms with E-state index in [1.165, 1.54) is 24.1 Å². The lowest BCUT2D eigenvalue weighted by Crippen LogP contribution is -2.38. The number of ketones is 1. The van der Waals surface area contributed by atoms with Crippen molar-refractivity contribution in [3.8, 4) is 0 Å². The zero-order valence-corrected chi connectivity index (χ0v) is 11.8. The second-order valence-electron chi connectivity index (χ2n) is 6.22. The van der Waals surface area contributed by atoms with E-state index in [2.05, 4.69) is 36.1 Å². The van der Waals surface area contributed by atoms with Crippen molar-refractivity contribution in [3.63, 3.8) is 0 Å². The molecule has 2 nitrogen and oxygen atoms in total. The smallest absolute Gasteiger partial charge is 0.137 e. The molecule has 0 saturated heterocycles. The molecule has 1 saturated carbocycles. The summed E-state index contributed by atoms with van der Waals surface area (Å²) in [5.74, 6) is 1.46. The Balaban J connectivity index is 1.75. The first-order valence-corrected chi connectivity index (χ1v) is 7.59. The molecule has 2 aliphatic rings. The minimum absolute atomic E-state index is 0.259. The zero-order valence-electron chi connectivity index (χ0n) is 11.8. The van der Waals surface area contributed by atoms with E-state index < -0.39 is 0 Å². The highest BCUT2D eigenvalue weighted by atomic mass is 16.1. The van der Waals surface area contributed by atoms with Gasteiger partial charge in [-0.15, -0.1) is 0 Å². The number of hydrogen-bond donors (Lipinski definition) is 0. The van der Waals surface area contributed by atoms with E-state index in [0.717, 1.165) is 32.4 Å². The predicted molar refractivity (Wildman–Crippen MR) is 78.5 cm³/mol. The normalized spacial score (nSPS) is 27.2. The van der Waals surface area contributed by atoms with Crippen molar-refractivity contribution in [2.24, 2.45) is 11.8 Å². The largest absolute Gasteiger partial charge is 0.371 e. The maximum Gasteiger partial charge on any atom is 0.137 e. The molecule has 0 aromatic heterocycles. The number of Topliss-reactive ketones (excluding diaryl/α,β-unsaturated/α-hetero) is 1. The Morgan fingerprint density at radius 1 is 1.26 bits per heavy atom. The molecule has 1 aromatic carbocycles. The third-order valence-electron chi connectivity index (χ3n) is 4.67. The summed E-state index contributed by atoms with van der Waals surface area (Å²) >= 11 is 0. The molecule has 2 unspecified atom stereocenters. The van der Waals surface area contributed by atoms with Crippen molar-refractivity contribution in [2.75, 3.05) is 18.0 Å². The van der Waals surface area contributed by atoms with Crippen LogP contribution in [0.3, 0.4) is 0 Å². The van der Waals surface area contributed by atoms with Gasteiger partial charge in [-0.2, -0.15) is 0 Å². The quantitative estimate of drug-likeness (QED) is 0.809. The highest BCUT2D eigenvalue weighted by Crippen LogP contribution is 2.31. The van der Waals surface area contributed by atoms with Gasteiger partial charge in [0.25, 0.3) is 0 Å². The number of carbonyl (C=O) groups excluding carboxylic acids is 1. The van der Waals surface area contributed by atoms with Gasteiger partial charge >= 0.3 is 0 Å². The summed E-state index contributed by atoms with van der Waals surface area (Å²) in [6.45, 7) is 4.32. The van der Waals surface area contributed by atoms with E-state index in [9.17, 15) is 4.79 Å². The number of hydrogen-bond acceptors (Lipinski definition) is 2. The van der Waals surface area contributed by atoms with Crippen LogP contribution in [0.25, 0.3) is 0 Å². The minimum atomic E-state index is 0.259. The summed E-state index contributed by atoms with van der Waals surface area (Å²) in [4.78, 5) is 14.5. The molecule has 1 aliphatic carbocycles. The van der Waals surface area contributed by atoms with Gasteiger partial charge in [0.1, 0.15) is 5.78 Å². The van der Waals surface area contributed by atoms with E-state index in [1.54, 1.807) is 0 Å². The molecule has 1 aliphatic heterocycles. The van der Waals surface area contributed by atoms with E-state index in [4.69, 9.17) is 0 Å². The summed E-state index contributed by atoms with van der Waals surface area (Å²) < 4.78 is 0. The van der Waals surface area contributed by atoms with Crippen LogP contribution in [0.2, 0.25) is 0 Å². The van der Waals surface area contributed by atoms with Gasteiger partial charge in [-0.3, -0.25) is 4.79 Å². The lowest BCUT2D eigenvalue weighted by atomic mass is 9.81. The van der Waals surface area contributed by atoms with Gasteiger partial charge in [0.2, 0.25) is 0 Å². The molecule has 2 atom stereocenters. The Morgan fingerprint density at radius 2 is 2.11 bits per heavy atom. The van der Waals surface area contributed by atoms with Crippen LogP contribution >= 0.6 is 0 Å². The molecule has 0 radical (unpaired) electrons. The van der Waals surface area contributed by atoms with Crippen LogP contribution in [0, 0.1) is 11.8 Å². The number of fused-ring (bicyclic) bond motifs is 1. The molecule has 1 aromatic rings. The summed E-state index contributed by atoms with van der Waals surface area (Å²) in [5.41, 5.74) is 2.81. The first-order chi connectivity index (χ1) is 9.24. The van der Waals surface area contributed by atoms with Gasteiger partial charge in [-0.25, -0.2) is 0 Å². The van der Waals surface area contributed by atoms with Gasteiger partial charge in [0.15, 0.2) is 0 Å². The van der Waals surface area contributed by atoms with Gasteiger partial charge in [-0.05, 0) is 43.2 Å². The number of benzene rings is 1. The monoisotopic (exact) mass is 257 g/mol. The maximum atomic E-state index is 12.1. The molecule has 102 valence electrons. The van der Waals surface area contributed by atoms with Crippen LogP contribution in [-0.2, 0) is 11.2 Å². The van der Waals surface area contributed by atoms with Crippen molar-refractivity contribution < 1.29 is 4.79 Å². The van der Waals surface area contributed by atoms with E-state index in [1.807, 2.05) is 0 Å². The SMILES string of the molecule is CC1CCC(=O)C(CN2CCCc3ccccc32)C1. The van der Waals surface area contributed by atoms with Crippen LogP contribution in [0.5, 0.6) is 0 Å². The molecule has 19 heavy (non-hydrogen) atoms. The first-order valence-electron chi connectivity index (χ1n) is 7.59. The molecule has 1 heterocycles. The van der Waals surface area contributed by atoms with Crippen LogP contribution in [0.15, 0.2) is 24.3 Å². The summed E-state index contributed by atoms with van der Waals surface area (Å²) in [6, 6.07) is 8.68. The van der Waals surface area contributed by atoms with Crippen molar-refractivity contribution in [3.05, 3.63) is 29.8 Å². The molecule has 3 rings (SSSR count). The van der Waals surface area contributed by atoms with Gasteiger partial charge < -0.3 is 4.90 Å². The third kappa shape index (κ3) is 2.68. The summed E-state index contributed by atoms with van der Waals surface area (Å²) in [6.07, 6.45) is 5.36. The topological polar surface area (TPSA) is 20.3 Å². The lowest BCUT2D eigenvalue weighted by Gasteiger charge is -2.36. The van der Waals surface area contributed by atoms with Gasteiger partial charge in [-0.1, -0.05) is 25.1 Å².